The smallest absolute Gasteiger partial charge is 0.223 e. The van der Waals surface area contributed by atoms with Crippen LogP contribution in [0.2, 0.25) is 0 Å². The summed E-state index contributed by atoms with van der Waals surface area (Å²) >= 11 is 1.71. The van der Waals surface area contributed by atoms with Crippen molar-refractivity contribution in [1.29, 1.82) is 0 Å². The molecule has 7 heteroatoms. The molecule has 1 aliphatic rings. The Bertz CT molecular complexity index is 3420. The third-order valence-corrected chi connectivity index (χ3v) is 12.9. The molecule has 0 unspecified atom stereocenters. The maximum absolute atomic E-state index is 7.20. The van der Waals surface area contributed by atoms with E-state index in [9.17, 15) is 0 Å². The lowest BCUT2D eigenvalue weighted by atomic mass is 10.1. The van der Waals surface area contributed by atoms with E-state index in [0.29, 0.717) is 6.54 Å². The second-order valence-electron chi connectivity index (χ2n) is 15.7. The molecule has 0 saturated heterocycles. The van der Waals surface area contributed by atoms with Gasteiger partial charge in [0.25, 0.3) is 0 Å². The first-order chi connectivity index (χ1) is 30.1. The summed E-state index contributed by atoms with van der Waals surface area (Å²) in [6, 6.07) is 59.1. The number of hydrogen-bond acceptors (Lipinski definition) is 4. The molecule has 11 aromatic rings. The molecule has 0 bridgehead atoms. The second-order valence-corrected chi connectivity index (χ2v) is 16.5. The molecule has 0 radical (unpaired) electrons. The normalized spacial score (nSPS) is 12.0. The van der Waals surface area contributed by atoms with E-state index in [4.69, 9.17) is 14.2 Å². The van der Waals surface area contributed by atoms with Crippen LogP contribution in [-0.2, 0) is 6.54 Å². The Morgan fingerprint density at radius 1 is 0.475 bits per heavy atom. The van der Waals surface area contributed by atoms with Crippen LogP contribution in [0.4, 0.5) is 0 Å². The average molecular weight is 809 g/mol. The summed E-state index contributed by atoms with van der Waals surface area (Å²) in [4.78, 5) is 1.20. The number of pyridine rings is 1. The van der Waals surface area contributed by atoms with Crippen LogP contribution in [0.1, 0.15) is 16.7 Å². The minimum absolute atomic E-state index is 0.680. The summed E-state index contributed by atoms with van der Waals surface area (Å²) in [7, 11) is 0. The lowest BCUT2D eigenvalue weighted by molar-refractivity contribution is -0.672. The molecular weight excluding hydrogens is 771 g/mol. The molecule has 0 N–H and O–H groups in total. The van der Waals surface area contributed by atoms with Crippen LogP contribution in [0.15, 0.2) is 181 Å². The number of para-hydroxylation sites is 6. The van der Waals surface area contributed by atoms with E-state index < -0.39 is 0 Å². The zero-order valence-corrected chi connectivity index (χ0v) is 34.3. The van der Waals surface area contributed by atoms with Gasteiger partial charge in [0.2, 0.25) is 11.9 Å². The highest BCUT2D eigenvalue weighted by Crippen LogP contribution is 2.47. The van der Waals surface area contributed by atoms with E-state index in [-0.39, 0.29) is 0 Å². The molecule has 0 aliphatic carbocycles. The van der Waals surface area contributed by atoms with Crippen LogP contribution >= 0.6 is 11.3 Å². The van der Waals surface area contributed by atoms with Gasteiger partial charge in [0, 0.05) is 39.1 Å². The molecule has 61 heavy (non-hydrogen) atoms. The maximum atomic E-state index is 7.20. The van der Waals surface area contributed by atoms with Crippen molar-refractivity contribution in [2.24, 2.45) is 0 Å². The molecule has 0 fully saturated rings. The molecule has 6 nitrogen and oxygen atoms in total. The monoisotopic (exact) mass is 808 g/mol. The van der Waals surface area contributed by atoms with Crippen molar-refractivity contribution in [3.63, 3.8) is 0 Å². The Balaban J connectivity index is 0.994. The van der Waals surface area contributed by atoms with Gasteiger partial charge in [0.05, 0.1) is 39.0 Å². The first kappa shape index (κ1) is 35.3. The van der Waals surface area contributed by atoms with Crippen molar-refractivity contribution in [3.8, 4) is 56.4 Å². The fourth-order valence-electron chi connectivity index (χ4n) is 9.15. The molecule has 5 heterocycles. The van der Waals surface area contributed by atoms with Gasteiger partial charge in [0.1, 0.15) is 22.1 Å². The van der Waals surface area contributed by atoms with Crippen molar-refractivity contribution in [1.82, 2.24) is 9.13 Å². The number of benzene rings is 7. The quantitative estimate of drug-likeness (QED) is 0.144. The molecule has 0 spiro atoms. The van der Waals surface area contributed by atoms with Gasteiger partial charge >= 0.3 is 0 Å². The Morgan fingerprint density at radius 3 is 1.69 bits per heavy atom. The Morgan fingerprint density at radius 2 is 1.05 bits per heavy atom. The number of ether oxygens (including phenoxy) is 3. The van der Waals surface area contributed by atoms with E-state index in [0.717, 1.165) is 90.3 Å². The van der Waals surface area contributed by atoms with Crippen LogP contribution in [0, 0.1) is 13.8 Å². The van der Waals surface area contributed by atoms with Gasteiger partial charge < -0.3 is 23.3 Å². The van der Waals surface area contributed by atoms with Crippen LogP contribution in [0.5, 0.6) is 34.5 Å². The fraction of sp³-hybridized carbons (Fsp3) is 0.0556. The first-order valence-corrected chi connectivity index (χ1v) is 21.4. The third-order valence-electron chi connectivity index (χ3n) is 11.9. The van der Waals surface area contributed by atoms with Crippen molar-refractivity contribution in [3.05, 3.63) is 198 Å². The molecule has 12 rings (SSSR count). The van der Waals surface area contributed by atoms with Crippen molar-refractivity contribution in [2.45, 2.75) is 20.4 Å². The number of rotatable bonds is 8. The molecule has 1 aliphatic heterocycles. The lowest BCUT2D eigenvalue weighted by Gasteiger charge is -2.20. The molecule has 0 saturated carbocycles. The highest BCUT2D eigenvalue weighted by atomic mass is 32.1. The maximum Gasteiger partial charge on any atom is 0.223 e. The van der Waals surface area contributed by atoms with Gasteiger partial charge in [-0.1, -0.05) is 103 Å². The topological polar surface area (TPSA) is 41.4 Å². The van der Waals surface area contributed by atoms with Crippen molar-refractivity contribution in [2.75, 3.05) is 0 Å². The minimum atomic E-state index is 0.680. The van der Waals surface area contributed by atoms with Gasteiger partial charge in [-0.05, 0) is 79.6 Å². The van der Waals surface area contributed by atoms with E-state index in [1.165, 1.54) is 26.4 Å². The van der Waals surface area contributed by atoms with Gasteiger partial charge in [0.15, 0.2) is 23.8 Å². The fourth-order valence-corrected chi connectivity index (χ4v) is 10.2. The zero-order chi connectivity index (χ0) is 40.6. The summed E-state index contributed by atoms with van der Waals surface area (Å²) < 4.78 is 27.5. The number of aromatic nitrogens is 3. The molecule has 0 atom stereocenters. The summed E-state index contributed by atoms with van der Waals surface area (Å²) in [5, 5.41) is 6.92. The number of aryl methyl sites for hydroxylation is 2. The number of fused-ring (bicyclic) bond motifs is 9. The molecular formula is C54H38N3O3S+. The summed E-state index contributed by atoms with van der Waals surface area (Å²) in [6.45, 7) is 4.92. The SMILES string of the molecule is Cc1cccc(-n2c3ccccc3c3ccccc32)c1Oc1cc(C)c(Oc2csc3c2C[n+]2cc(Oc4ccccc4)ccc2-3)c(-n2c3ccccc3c3ccccc32)c1. The lowest BCUT2D eigenvalue weighted by Crippen LogP contribution is -2.31. The molecule has 7 aromatic carbocycles. The van der Waals surface area contributed by atoms with Crippen molar-refractivity contribution >= 4 is 54.9 Å². The van der Waals surface area contributed by atoms with Crippen LogP contribution in [-0.4, -0.2) is 9.13 Å². The predicted octanol–water partition coefficient (Wildman–Crippen LogP) is 14.3. The van der Waals surface area contributed by atoms with Gasteiger partial charge in [-0.2, -0.15) is 4.57 Å². The van der Waals surface area contributed by atoms with E-state index in [2.05, 4.69) is 173 Å². The molecule has 4 aromatic heterocycles. The average Bonchev–Trinajstić information content (AvgIpc) is 4.04. The van der Waals surface area contributed by atoms with Gasteiger partial charge in [-0.3, -0.25) is 0 Å². The zero-order valence-electron chi connectivity index (χ0n) is 33.5. The Labute approximate surface area is 356 Å². The van der Waals surface area contributed by atoms with Crippen LogP contribution in [0.3, 0.4) is 0 Å². The van der Waals surface area contributed by atoms with E-state index in [1.54, 1.807) is 11.3 Å². The van der Waals surface area contributed by atoms with E-state index >= 15 is 0 Å². The third kappa shape index (κ3) is 5.73. The standard InChI is InChI=1S/C54H38N3O3S/c1-34-15-14-26-48(56-44-22-10-6-18-39(44)40-19-7-11-23-45(40)56)52(34)59-38-29-35(2)53(50(30-38)57-46-24-12-8-20-41(46)42-21-9-13-25-47(42)57)60-51-33-61-54-43(51)32-55-31-37(27-28-49(54)55)58-36-16-4-3-5-17-36/h3-31,33H,32H2,1-2H3/q+1. The highest BCUT2D eigenvalue weighted by molar-refractivity contribution is 7.14. The van der Waals surface area contributed by atoms with Crippen molar-refractivity contribution < 1.29 is 18.8 Å². The predicted molar refractivity (Wildman–Crippen MR) is 247 cm³/mol. The van der Waals surface area contributed by atoms with Crippen LogP contribution < -0.4 is 18.8 Å². The Kier molecular flexibility index (Phi) is 8.12. The number of nitrogens with zero attached hydrogens (tertiary/aromatic N) is 3. The molecule has 0 amide bonds. The second kappa shape index (κ2) is 14.0. The molecule has 292 valence electrons. The summed E-state index contributed by atoms with van der Waals surface area (Å²) in [6.07, 6.45) is 2.08. The Hall–Kier alpha value is -7.61. The van der Waals surface area contributed by atoms with Gasteiger partial charge in [-0.25, -0.2) is 0 Å². The minimum Gasteiger partial charge on any atom is -0.455 e. The first-order valence-electron chi connectivity index (χ1n) is 20.5. The highest BCUT2D eigenvalue weighted by Gasteiger charge is 2.33. The summed E-state index contributed by atoms with van der Waals surface area (Å²) in [5.74, 6) is 4.76. The van der Waals surface area contributed by atoms with Gasteiger partial charge in [-0.15, -0.1) is 11.3 Å². The number of thiophene rings is 1. The summed E-state index contributed by atoms with van der Waals surface area (Å²) in [5.41, 5.74) is 10.6. The van der Waals surface area contributed by atoms with E-state index in [1.807, 2.05) is 36.4 Å². The van der Waals surface area contributed by atoms with Crippen LogP contribution in [0.25, 0.3) is 65.6 Å². The number of hydrogen-bond donors (Lipinski definition) is 0. The largest absolute Gasteiger partial charge is 0.455 e.